The van der Waals surface area contributed by atoms with Crippen LogP contribution in [0.15, 0.2) is 12.1 Å². The molecule has 0 aromatic carbocycles. The number of nitrogens with zero attached hydrogens (tertiary/aromatic N) is 3. The van der Waals surface area contributed by atoms with E-state index < -0.39 is 0 Å². The third-order valence-corrected chi connectivity index (χ3v) is 3.76. The summed E-state index contributed by atoms with van der Waals surface area (Å²) in [7, 11) is 0. The highest BCUT2D eigenvalue weighted by Gasteiger charge is 2.13. The molecule has 0 amide bonds. The van der Waals surface area contributed by atoms with Crippen LogP contribution in [-0.4, -0.2) is 21.3 Å². The van der Waals surface area contributed by atoms with Gasteiger partial charge in [0.25, 0.3) is 0 Å². The molecule has 0 saturated carbocycles. The number of rotatable bonds is 4. The second-order valence-corrected chi connectivity index (χ2v) is 5.06. The van der Waals surface area contributed by atoms with Gasteiger partial charge < -0.3 is 5.32 Å². The third-order valence-electron chi connectivity index (χ3n) is 2.87. The molecule has 0 fully saturated rings. The Hall–Kier alpha value is -1.10. The lowest BCUT2D eigenvalue weighted by Crippen LogP contribution is -2.14. The van der Waals surface area contributed by atoms with Crippen molar-refractivity contribution < 1.29 is 0 Å². The van der Waals surface area contributed by atoms with Gasteiger partial charge in [0.1, 0.15) is 0 Å². The molecular formula is C13H16Cl2N4. The predicted octanol–water partition coefficient (Wildman–Crippen LogP) is 3.30. The number of pyridine rings is 1. The van der Waals surface area contributed by atoms with Crippen molar-refractivity contribution in [3.8, 4) is 5.82 Å². The molecule has 0 atom stereocenters. The number of aryl methyl sites for hydroxylation is 1. The fraction of sp³-hybridized carbons (Fsp3) is 0.385. The number of aromatic nitrogens is 3. The fourth-order valence-corrected chi connectivity index (χ4v) is 2.09. The molecule has 0 unspecified atom stereocenters. The Kier molecular flexibility index (Phi) is 4.45. The summed E-state index contributed by atoms with van der Waals surface area (Å²) < 4.78 is 1.74. The summed E-state index contributed by atoms with van der Waals surface area (Å²) in [6.45, 7) is 7.34. The summed E-state index contributed by atoms with van der Waals surface area (Å²) in [6, 6.07) is 3.68. The van der Waals surface area contributed by atoms with Crippen molar-refractivity contribution in [3.05, 3.63) is 39.3 Å². The molecule has 0 aliphatic heterocycles. The molecule has 2 aromatic rings. The first-order chi connectivity index (χ1) is 9.04. The van der Waals surface area contributed by atoms with Crippen LogP contribution in [0.5, 0.6) is 0 Å². The highest BCUT2D eigenvalue weighted by atomic mass is 35.5. The van der Waals surface area contributed by atoms with Crippen LogP contribution in [0, 0.1) is 13.8 Å². The fourth-order valence-electron chi connectivity index (χ4n) is 1.80. The molecule has 0 saturated heterocycles. The first-order valence-electron chi connectivity index (χ1n) is 6.12. The number of hydrogen-bond acceptors (Lipinski definition) is 3. The van der Waals surface area contributed by atoms with E-state index >= 15 is 0 Å². The second kappa shape index (κ2) is 5.90. The van der Waals surface area contributed by atoms with Gasteiger partial charge in [0, 0.05) is 6.54 Å². The maximum Gasteiger partial charge on any atom is 0.154 e. The summed E-state index contributed by atoms with van der Waals surface area (Å²) in [6.07, 6.45) is 0. The minimum atomic E-state index is 0.635. The lowest BCUT2D eigenvalue weighted by atomic mass is 10.3. The Morgan fingerprint density at radius 2 is 2.00 bits per heavy atom. The number of hydrogen-bond donors (Lipinski definition) is 1. The van der Waals surface area contributed by atoms with E-state index in [9.17, 15) is 0 Å². The van der Waals surface area contributed by atoms with E-state index in [-0.39, 0.29) is 0 Å². The van der Waals surface area contributed by atoms with Crippen molar-refractivity contribution in [2.24, 2.45) is 0 Å². The molecule has 0 aliphatic rings. The molecule has 4 nitrogen and oxygen atoms in total. The molecule has 2 aromatic heterocycles. The maximum atomic E-state index is 6.15. The first kappa shape index (κ1) is 14.3. The van der Waals surface area contributed by atoms with Gasteiger partial charge in [-0.05, 0) is 32.5 Å². The Bertz CT molecular complexity index is 593. The van der Waals surface area contributed by atoms with Crippen molar-refractivity contribution >= 4 is 23.2 Å². The topological polar surface area (TPSA) is 42.7 Å². The van der Waals surface area contributed by atoms with E-state index in [2.05, 4.69) is 15.4 Å². The van der Waals surface area contributed by atoms with Crippen LogP contribution in [0.4, 0.5) is 0 Å². The van der Waals surface area contributed by atoms with Crippen molar-refractivity contribution in [3.63, 3.8) is 0 Å². The van der Waals surface area contributed by atoms with E-state index in [4.69, 9.17) is 23.2 Å². The molecule has 0 bridgehead atoms. The normalized spacial score (nSPS) is 11.0. The molecular weight excluding hydrogens is 283 g/mol. The van der Waals surface area contributed by atoms with E-state index in [1.807, 2.05) is 32.9 Å². The van der Waals surface area contributed by atoms with Crippen molar-refractivity contribution in [2.45, 2.75) is 27.3 Å². The van der Waals surface area contributed by atoms with Crippen molar-refractivity contribution in [1.82, 2.24) is 20.1 Å². The largest absolute Gasteiger partial charge is 0.311 e. The summed E-state index contributed by atoms with van der Waals surface area (Å²) in [5.41, 5.74) is 2.48. The third kappa shape index (κ3) is 2.91. The van der Waals surface area contributed by atoms with Crippen LogP contribution in [-0.2, 0) is 6.54 Å². The van der Waals surface area contributed by atoms with E-state index in [1.54, 1.807) is 4.68 Å². The highest BCUT2D eigenvalue weighted by Crippen LogP contribution is 2.23. The zero-order valence-corrected chi connectivity index (χ0v) is 12.7. The standard InChI is InChI=1S/C13H16Cl2N4/c1-4-16-7-11-10(14)5-6-12(17-11)19-9(3)13(15)8(2)18-19/h5-6,16H,4,7H2,1-3H3. The van der Waals surface area contributed by atoms with Gasteiger partial charge in [0.15, 0.2) is 5.82 Å². The average Bonchev–Trinajstić information content (AvgIpc) is 2.66. The maximum absolute atomic E-state index is 6.15. The average molecular weight is 299 g/mol. The van der Waals surface area contributed by atoms with E-state index in [0.717, 1.165) is 29.4 Å². The van der Waals surface area contributed by atoms with Crippen LogP contribution < -0.4 is 5.32 Å². The highest BCUT2D eigenvalue weighted by molar-refractivity contribution is 6.32. The summed E-state index contributed by atoms with van der Waals surface area (Å²) in [5, 5.41) is 8.92. The van der Waals surface area contributed by atoms with Gasteiger partial charge in [0.2, 0.25) is 0 Å². The zero-order chi connectivity index (χ0) is 14.0. The summed E-state index contributed by atoms with van der Waals surface area (Å²) >= 11 is 12.3. The van der Waals surface area contributed by atoms with Crippen LogP contribution in [0.25, 0.3) is 5.82 Å². The van der Waals surface area contributed by atoms with Crippen LogP contribution in [0.2, 0.25) is 10.0 Å². The molecule has 0 spiro atoms. The van der Waals surface area contributed by atoms with Gasteiger partial charge in [-0.1, -0.05) is 30.1 Å². The Balaban J connectivity index is 2.42. The van der Waals surface area contributed by atoms with E-state index in [0.29, 0.717) is 16.6 Å². The number of halogens is 2. The molecule has 1 N–H and O–H groups in total. The van der Waals surface area contributed by atoms with Gasteiger partial charge in [-0.3, -0.25) is 0 Å². The molecule has 0 radical (unpaired) electrons. The lowest BCUT2D eigenvalue weighted by molar-refractivity contribution is 0.702. The second-order valence-electron chi connectivity index (χ2n) is 4.27. The first-order valence-corrected chi connectivity index (χ1v) is 6.88. The molecule has 2 rings (SSSR count). The molecule has 19 heavy (non-hydrogen) atoms. The minimum Gasteiger partial charge on any atom is -0.311 e. The van der Waals surface area contributed by atoms with Crippen LogP contribution in [0.1, 0.15) is 24.0 Å². The Labute approximate surface area is 122 Å². The summed E-state index contributed by atoms with van der Waals surface area (Å²) in [4.78, 5) is 4.54. The van der Waals surface area contributed by atoms with Crippen molar-refractivity contribution in [2.75, 3.05) is 6.54 Å². The summed E-state index contributed by atoms with van der Waals surface area (Å²) in [5.74, 6) is 0.727. The molecule has 2 heterocycles. The zero-order valence-electron chi connectivity index (χ0n) is 11.2. The SMILES string of the molecule is CCNCc1nc(-n2nc(C)c(Cl)c2C)ccc1Cl. The van der Waals surface area contributed by atoms with Gasteiger partial charge in [-0.2, -0.15) is 5.10 Å². The molecule has 6 heteroatoms. The van der Waals surface area contributed by atoms with E-state index in [1.165, 1.54) is 0 Å². The smallest absolute Gasteiger partial charge is 0.154 e. The van der Waals surface area contributed by atoms with Gasteiger partial charge in [-0.25, -0.2) is 9.67 Å². The Morgan fingerprint density at radius 3 is 2.58 bits per heavy atom. The van der Waals surface area contributed by atoms with Crippen molar-refractivity contribution in [1.29, 1.82) is 0 Å². The lowest BCUT2D eigenvalue weighted by Gasteiger charge is -2.08. The van der Waals surface area contributed by atoms with Gasteiger partial charge >= 0.3 is 0 Å². The molecule has 0 aliphatic carbocycles. The predicted molar refractivity (Wildman–Crippen MR) is 78.2 cm³/mol. The van der Waals surface area contributed by atoms with Gasteiger partial charge in [0.05, 0.1) is 27.1 Å². The monoisotopic (exact) mass is 298 g/mol. The minimum absolute atomic E-state index is 0.635. The van der Waals surface area contributed by atoms with Crippen LogP contribution >= 0.6 is 23.2 Å². The Morgan fingerprint density at radius 1 is 1.26 bits per heavy atom. The van der Waals surface area contributed by atoms with Gasteiger partial charge in [-0.15, -0.1) is 0 Å². The molecule has 102 valence electrons. The quantitative estimate of drug-likeness (QED) is 0.942. The number of nitrogens with one attached hydrogen (secondary N) is 1. The van der Waals surface area contributed by atoms with Crippen LogP contribution in [0.3, 0.4) is 0 Å².